The van der Waals surface area contributed by atoms with Crippen LogP contribution in [0.15, 0.2) is 30.9 Å². The summed E-state index contributed by atoms with van der Waals surface area (Å²) in [7, 11) is 0. The summed E-state index contributed by atoms with van der Waals surface area (Å²) >= 11 is 0. The molecule has 3 nitrogen and oxygen atoms in total. The summed E-state index contributed by atoms with van der Waals surface area (Å²) in [6.07, 6.45) is 3.16. The van der Waals surface area contributed by atoms with Gasteiger partial charge in [-0.05, 0) is 18.6 Å². The third-order valence-electron chi connectivity index (χ3n) is 2.85. The van der Waals surface area contributed by atoms with Crippen molar-refractivity contribution >= 4 is 11.4 Å². The maximum Gasteiger partial charge on any atom is 0.145 e. The second kappa shape index (κ2) is 4.47. The smallest absolute Gasteiger partial charge is 0.145 e. The van der Waals surface area contributed by atoms with Gasteiger partial charge in [-0.1, -0.05) is 13.0 Å². The molecule has 1 aliphatic heterocycles. The van der Waals surface area contributed by atoms with Crippen molar-refractivity contribution in [2.75, 3.05) is 23.7 Å². The molecule has 0 saturated carbocycles. The Kier molecular flexibility index (Phi) is 3.04. The van der Waals surface area contributed by atoms with Crippen LogP contribution in [0.25, 0.3) is 0 Å². The van der Waals surface area contributed by atoms with Crippen molar-refractivity contribution in [2.24, 2.45) is 0 Å². The van der Waals surface area contributed by atoms with E-state index in [0.717, 1.165) is 36.6 Å². The van der Waals surface area contributed by atoms with Crippen molar-refractivity contribution in [2.45, 2.75) is 19.4 Å². The zero-order valence-electron chi connectivity index (χ0n) is 9.65. The minimum absolute atomic E-state index is 0.245. The Morgan fingerprint density at radius 2 is 2.44 bits per heavy atom. The molecule has 0 aliphatic carbocycles. The van der Waals surface area contributed by atoms with Crippen LogP contribution >= 0.6 is 0 Å². The first-order valence-corrected chi connectivity index (χ1v) is 5.66. The molecule has 1 aromatic rings. The first-order valence-electron chi connectivity index (χ1n) is 5.66. The van der Waals surface area contributed by atoms with Gasteiger partial charge in [-0.2, -0.15) is 0 Å². The summed E-state index contributed by atoms with van der Waals surface area (Å²) in [4.78, 5) is 2.28. The third kappa shape index (κ3) is 1.98. The Morgan fingerprint density at radius 1 is 1.62 bits per heavy atom. The second-order valence-electron chi connectivity index (χ2n) is 4.07. The fourth-order valence-electron chi connectivity index (χ4n) is 1.99. The fraction of sp³-hybridized carbons (Fsp3) is 0.385. The van der Waals surface area contributed by atoms with Gasteiger partial charge in [0, 0.05) is 18.3 Å². The van der Waals surface area contributed by atoms with Crippen LogP contribution in [0.5, 0.6) is 5.75 Å². The van der Waals surface area contributed by atoms with E-state index < -0.39 is 0 Å². The van der Waals surface area contributed by atoms with Crippen molar-refractivity contribution < 1.29 is 4.74 Å². The molecule has 1 atom stereocenters. The van der Waals surface area contributed by atoms with Gasteiger partial charge in [0.15, 0.2) is 0 Å². The average Bonchev–Trinajstić information content (AvgIpc) is 2.28. The maximum absolute atomic E-state index is 5.88. The van der Waals surface area contributed by atoms with Gasteiger partial charge >= 0.3 is 0 Å². The molecule has 0 bridgehead atoms. The van der Waals surface area contributed by atoms with E-state index >= 15 is 0 Å². The SMILES string of the molecule is C=CCN1CC(CC)Oc2cc(N)ccc21. The molecule has 1 aromatic carbocycles. The molecular formula is C13H18N2O. The van der Waals surface area contributed by atoms with Gasteiger partial charge in [0.2, 0.25) is 0 Å². The van der Waals surface area contributed by atoms with E-state index in [1.54, 1.807) is 0 Å². The Hall–Kier alpha value is -1.64. The number of hydrogen-bond donors (Lipinski definition) is 1. The van der Waals surface area contributed by atoms with E-state index in [-0.39, 0.29) is 6.10 Å². The molecule has 2 N–H and O–H groups in total. The van der Waals surface area contributed by atoms with Crippen molar-refractivity contribution in [1.29, 1.82) is 0 Å². The van der Waals surface area contributed by atoms with Gasteiger partial charge in [0.05, 0.1) is 12.2 Å². The van der Waals surface area contributed by atoms with Crippen molar-refractivity contribution in [1.82, 2.24) is 0 Å². The quantitative estimate of drug-likeness (QED) is 0.625. The molecule has 86 valence electrons. The summed E-state index contributed by atoms with van der Waals surface area (Å²) in [5.41, 5.74) is 7.62. The Balaban J connectivity index is 2.34. The van der Waals surface area contributed by atoms with Crippen LogP contribution < -0.4 is 15.4 Å². The number of nitrogens with two attached hydrogens (primary N) is 1. The van der Waals surface area contributed by atoms with E-state index in [9.17, 15) is 0 Å². The molecule has 0 radical (unpaired) electrons. The number of fused-ring (bicyclic) bond motifs is 1. The number of hydrogen-bond acceptors (Lipinski definition) is 3. The molecule has 0 amide bonds. The van der Waals surface area contributed by atoms with Crippen molar-refractivity contribution in [3.05, 3.63) is 30.9 Å². The Morgan fingerprint density at radius 3 is 3.12 bits per heavy atom. The lowest BCUT2D eigenvalue weighted by Gasteiger charge is -2.35. The first kappa shape index (κ1) is 10.9. The van der Waals surface area contributed by atoms with Crippen LogP contribution in [0.3, 0.4) is 0 Å². The minimum Gasteiger partial charge on any atom is -0.486 e. The van der Waals surface area contributed by atoms with Gasteiger partial charge in [-0.25, -0.2) is 0 Å². The van der Waals surface area contributed by atoms with Crippen LogP contribution in [0.1, 0.15) is 13.3 Å². The maximum atomic E-state index is 5.88. The molecule has 1 heterocycles. The molecule has 0 aromatic heterocycles. The van der Waals surface area contributed by atoms with Gasteiger partial charge in [-0.3, -0.25) is 0 Å². The summed E-state index contributed by atoms with van der Waals surface area (Å²) in [6, 6.07) is 5.82. The molecule has 1 aliphatic rings. The van der Waals surface area contributed by atoms with E-state index in [0.29, 0.717) is 0 Å². The van der Waals surface area contributed by atoms with Crippen LogP contribution in [-0.4, -0.2) is 19.2 Å². The predicted octanol–water partition coefficient (Wildman–Crippen LogP) is 2.43. The molecule has 2 rings (SSSR count). The van der Waals surface area contributed by atoms with Crippen molar-refractivity contribution in [3.63, 3.8) is 0 Å². The normalized spacial score (nSPS) is 18.8. The topological polar surface area (TPSA) is 38.5 Å². The minimum atomic E-state index is 0.245. The fourth-order valence-corrected chi connectivity index (χ4v) is 1.99. The first-order chi connectivity index (χ1) is 7.74. The third-order valence-corrected chi connectivity index (χ3v) is 2.85. The lowest BCUT2D eigenvalue weighted by atomic mass is 10.1. The summed E-state index contributed by atoms with van der Waals surface area (Å²) < 4.78 is 5.88. The molecule has 3 heteroatoms. The highest BCUT2D eigenvalue weighted by Gasteiger charge is 2.23. The van der Waals surface area contributed by atoms with Crippen LogP contribution in [0, 0.1) is 0 Å². The highest BCUT2D eigenvalue weighted by Crippen LogP contribution is 2.35. The predicted molar refractivity (Wildman–Crippen MR) is 68.0 cm³/mol. The molecule has 16 heavy (non-hydrogen) atoms. The zero-order valence-corrected chi connectivity index (χ0v) is 9.65. The molecule has 0 saturated heterocycles. The van der Waals surface area contributed by atoms with Gasteiger partial charge in [-0.15, -0.1) is 6.58 Å². The second-order valence-corrected chi connectivity index (χ2v) is 4.07. The van der Waals surface area contributed by atoms with Crippen LogP contribution in [0.2, 0.25) is 0 Å². The monoisotopic (exact) mass is 218 g/mol. The van der Waals surface area contributed by atoms with Crippen LogP contribution in [-0.2, 0) is 0 Å². The largest absolute Gasteiger partial charge is 0.486 e. The number of nitrogens with zero attached hydrogens (tertiary/aromatic N) is 1. The lowest BCUT2D eigenvalue weighted by molar-refractivity contribution is 0.190. The van der Waals surface area contributed by atoms with Crippen LogP contribution in [0.4, 0.5) is 11.4 Å². The van der Waals surface area contributed by atoms with E-state index in [4.69, 9.17) is 10.5 Å². The number of benzene rings is 1. The summed E-state index contributed by atoms with van der Waals surface area (Å²) in [5, 5.41) is 0. The van der Waals surface area contributed by atoms with Gasteiger partial charge in [0.25, 0.3) is 0 Å². The zero-order chi connectivity index (χ0) is 11.5. The molecule has 1 unspecified atom stereocenters. The van der Waals surface area contributed by atoms with Gasteiger partial charge < -0.3 is 15.4 Å². The summed E-state index contributed by atoms with van der Waals surface area (Å²) in [6.45, 7) is 7.68. The molecular weight excluding hydrogens is 200 g/mol. The Bertz CT molecular complexity index is 390. The van der Waals surface area contributed by atoms with E-state index in [1.165, 1.54) is 0 Å². The van der Waals surface area contributed by atoms with Crippen molar-refractivity contribution in [3.8, 4) is 5.75 Å². The average molecular weight is 218 g/mol. The summed E-state index contributed by atoms with van der Waals surface area (Å²) in [5.74, 6) is 0.889. The van der Waals surface area contributed by atoms with E-state index in [2.05, 4.69) is 18.4 Å². The van der Waals surface area contributed by atoms with Gasteiger partial charge in [0.1, 0.15) is 11.9 Å². The number of anilines is 2. The molecule has 0 spiro atoms. The highest BCUT2D eigenvalue weighted by atomic mass is 16.5. The number of rotatable bonds is 3. The standard InChI is InChI=1S/C13H18N2O/c1-3-7-15-9-11(4-2)16-13-8-10(14)5-6-12(13)15/h3,5-6,8,11H,1,4,7,9,14H2,2H3. The number of ether oxygens (including phenoxy) is 1. The highest BCUT2D eigenvalue weighted by molar-refractivity contribution is 5.65. The number of nitrogen functional groups attached to an aromatic ring is 1. The van der Waals surface area contributed by atoms with E-state index in [1.807, 2.05) is 24.3 Å². The molecule has 0 fully saturated rings. The lowest BCUT2D eigenvalue weighted by Crippen LogP contribution is -2.39. The Labute approximate surface area is 96.5 Å².